The van der Waals surface area contributed by atoms with Crippen molar-refractivity contribution in [1.82, 2.24) is 15.1 Å². The van der Waals surface area contributed by atoms with E-state index in [-0.39, 0.29) is 6.10 Å². The van der Waals surface area contributed by atoms with Gasteiger partial charge in [-0.25, -0.2) is 0 Å². The van der Waals surface area contributed by atoms with Gasteiger partial charge in [0.1, 0.15) is 0 Å². The predicted octanol–water partition coefficient (Wildman–Crippen LogP) is 2.21. The van der Waals surface area contributed by atoms with Crippen molar-refractivity contribution in [2.45, 2.75) is 32.4 Å². The van der Waals surface area contributed by atoms with E-state index in [4.69, 9.17) is 5.26 Å². The van der Waals surface area contributed by atoms with Crippen LogP contribution < -0.4 is 5.32 Å². The molecular formula is C17H22N4O. The lowest BCUT2D eigenvalue weighted by Crippen LogP contribution is -2.19. The summed E-state index contributed by atoms with van der Waals surface area (Å²) in [4.78, 5) is 0. The molecule has 5 heteroatoms. The van der Waals surface area contributed by atoms with Gasteiger partial charge in [-0.1, -0.05) is 19.1 Å². The van der Waals surface area contributed by atoms with Crippen molar-refractivity contribution in [3.8, 4) is 17.3 Å². The minimum Gasteiger partial charge on any atom is -0.393 e. The van der Waals surface area contributed by atoms with Crippen LogP contribution in [0.25, 0.3) is 11.3 Å². The molecule has 1 aromatic carbocycles. The Morgan fingerprint density at radius 3 is 2.73 bits per heavy atom. The van der Waals surface area contributed by atoms with Gasteiger partial charge < -0.3 is 10.4 Å². The van der Waals surface area contributed by atoms with Crippen LogP contribution in [0.3, 0.4) is 0 Å². The molecule has 0 aliphatic heterocycles. The van der Waals surface area contributed by atoms with Gasteiger partial charge in [0, 0.05) is 30.9 Å². The summed E-state index contributed by atoms with van der Waals surface area (Å²) in [6.45, 7) is 3.46. The van der Waals surface area contributed by atoms with Crippen LogP contribution in [-0.4, -0.2) is 27.5 Å². The average molecular weight is 298 g/mol. The largest absolute Gasteiger partial charge is 0.393 e. The topological polar surface area (TPSA) is 73.9 Å². The van der Waals surface area contributed by atoms with Gasteiger partial charge in [0.2, 0.25) is 0 Å². The van der Waals surface area contributed by atoms with Gasteiger partial charge in [-0.2, -0.15) is 10.4 Å². The first-order valence-corrected chi connectivity index (χ1v) is 7.56. The van der Waals surface area contributed by atoms with E-state index in [1.54, 1.807) is 16.8 Å². The number of aryl methyl sites for hydroxylation is 1. The fraction of sp³-hybridized carbons (Fsp3) is 0.412. The van der Waals surface area contributed by atoms with Crippen LogP contribution in [0.1, 0.15) is 30.9 Å². The molecule has 1 atom stereocenters. The van der Waals surface area contributed by atoms with E-state index in [0.717, 1.165) is 36.2 Å². The van der Waals surface area contributed by atoms with Crippen LogP contribution in [0.15, 0.2) is 30.5 Å². The van der Waals surface area contributed by atoms with Gasteiger partial charge in [-0.05, 0) is 31.5 Å². The third-order valence-electron chi connectivity index (χ3n) is 3.63. The van der Waals surface area contributed by atoms with E-state index >= 15 is 0 Å². The van der Waals surface area contributed by atoms with Gasteiger partial charge in [-0.3, -0.25) is 4.68 Å². The summed E-state index contributed by atoms with van der Waals surface area (Å²) in [5.41, 5.74) is 3.69. The zero-order chi connectivity index (χ0) is 15.9. The van der Waals surface area contributed by atoms with E-state index in [1.165, 1.54) is 0 Å². The van der Waals surface area contributed by atoms with Crippen LogP contribution in [0.2, 0.25) is 0 Å². The number of nitrogens with zero attached hydrogens (tertiary/aromatic N) is 3. The molecule has 1 unspecified atom stereocenters. The van der Waals surface area contributed by atoms with Crippen LogP contribution in [0.5, 0.6) is 0 Å². The lowest BCUT2D eigenvalue weighted by atomic mass is 10.1. The van der Waals surface area contributed by atoms with E-state index in [1.807, 2.05) is 32.3 Å². The molecule has 1 heterocycles. The van der Waals surface area contributed by atoms with Crippen LogP contribution in [-0.2, 0) is 13.6 Å². The molecule has 0 aliphatic carbocycles. The summed E-state index contributed by atoms with van der Waals surface area (Å²) < 4.78 is 1.80. The number of hydrogen-bond acceptors (Lipinski definition) is 4. The quantitative estimate of drug-likeness (QED) is 0.769. The first-order chi connectivity index (χ1) is 10.6. The second-order valence-corrected chi connectivity index (χ2v) is 5.39. The molecule has 116 valence electrons. The fourth-order valence-corrected chi connectivity index (χ4v) is 2.31. The second kappa shape index (κ2) is 7.74. The number of aromatic nitrogens is 2. The molecular weight excluding hydrogens is 276 g/mol. The van der Waals surface area contributed by atoms with Crippen molar-refractivity contribution >= 4 is 0 Å². The minimum absolute atomic E-state index is 0.237. The number of nitriles is 1. The molecule has 1 aromatic heterocycles. The molecule has 2 rings (SSSR count). The number of rotatable bonds is 7. The Hall–Kier alpha value is -2.16. The Kier molecular flexibility index (Phi) is 5.70. The molecule has 0 aliphatic rings. The highest BCUT2D eigenvalue weighted by Crippen LogP contribution is 2.22. The highest BCUT2D eigenvalue weighted by atomic mass is 16.3. The average Bonchev–Trinajstić information content (AvgIpc) is 2.92. The molecule has 0 radical (unpaired) electrons. The number of aliphatic hydroxyl groups is 1. The summed E-state index contributed by atoms with van der Waals surface area (Å²) >= 11 is 0. The highest BCUT2D eigenvalue weighted by molar-refractivity contribution is 5.63. The standard InChI is InChI=1S/C17H22N4O/c1-3-16(22)8-9-19-11-15-12-21(2)20-17(15)14-6-4-13(10-18)5-7-14/h4-7,12,16,19,22H,3,8-9,11H2,1-2H3. The van der Waals surface area contributed by atoms with Crippen molar-refractivity contribution in [1.29, 1.82) is 5.26 Å². The molecule has 22 heavy (non-hydrogen) atoms. The Bertz CT molecular complexity index is 640. The maximum atomic E-state index is 9.56. The molecule has 0 amide bonds. The lowest BCUT2D eigenvalue weighted by Gasteiger charge is -2.08. The summed E-state index contributed by atoms with van der Waals surface area (Å²) in [5.74, 6) is 0. The molecule has 2 N–H and O–H groups in total. The molecule has 0 fully saturated rings. The van der Waals surface area contributed by atoms with Crippen LogP contribution >= 0.6 is 0 Å². The Morgan fingerprint density at radius 1 is 1.36 bits per heavy atom. The Balaban J connectivity index is 2.04. The predicted molar refractivity (Wildman–Crippen MR) is 86.0 cm³/mol. The van der Waals surface area contributed by atoms with E-state index in [9.17, 15) is 5.11 Å². The van der Waals surface area contributed by atoms with Crippen molar-refractivity contribution in [3.63, 3.8) is 0 Å². The Labute approximate surface area is 131 Å². The zero-order valence-electron chi connectivity index (χ0n) is 13.1. The lowest BCUT2D eigenvalue weighted by molar-refractivity contribution is 0.159. The van der Waals surface area contributed by atoms with E-state index < -0.39 is 0 Å². The van der Waals surface area contributed by atoms with Gasteiger partial charge in [0.05, 0.1) is 23.4 Å². The van der Waals surface area contributed by atoms with Gasteiger partial charge >= 0.3 is 0 Å². The second-order valence-electron chi connectivity index (χ2n) is 5.39. The number of benzene rings is 1. The Morgan fingerprint density at radius 2 is 2.09 bits per heavy atom. The maximum absolute atomic E-state index is 9.56. The SMILES string of the molecule is CCC(O)CCNCc1cn(C)nc1-c1ccc(C#N)cc1. The smallest absolute Gasteiger partial charge is 0.0991 e. The first-order valence-electron chi connectivity index (χ1n) is 7.56. The van der Waals surface area contributed by atoms with Gasteiger partial charge in [-0.15, -0.1) is 0 Å². The minimum atomic E-state index is -0.237. The van der Waals surface area contributed by atoms with Crippen molar-refractivity contribution in [2.24, 2.45) is 7.05 Å². The summed E-state index contributed by atoms with van der Waals surface area (Å²) in [7, 11) is 1.90. The molecule has 0 saturated heterocycles. The monoisotopic (exact) mass is 298 g/mol. The van der Waals surface area contributed by atoms with Crippen LogP contribution in [0.4, 0.5) is 0 Å². The van der Waals surface area contributed by atoms with Crippen LogP contribution in [0, 0.1) is 11.3 Å². The molecule has 0 saturated carbocycles. The number of aliphatic hydroxyl groups excluding tert-OH is 1. The molecule has 0 bridgehead atoms. The normalized spacial score (nSPS) is 12.1. The van der Waals surface area contributed by atoms with Crippen molar-refractivity contribution in [3.05, 3.63) is 41.6 Å². The fourth-order valence-electron chi connectivity index (χ4n) is 2.31. The summed E-state index contributed by atoms with van der Waals surface area (Å²) in [6, 6.07) is 9.57. The summed E-state index contributed by atoms with van der Waals surface area (Å²) in [6.07, 6.45) is 3.30. The van der Waals surface area contributed by atoms with Gasteiger partial charge in [0.25, 0.3) is 0 Å². The third-order valence-corrected chi connectivity index (χ3v) is 3.63. The van der Waals surface area contributed by atoms with Gasteiger partial charge in [0.15, 0.2) is 0 Å². The highest BCUT2D eigenvalue weighted by Gasteiger charge is 2.10. The molecule has 2 aromatic rings. The number of hydrogen-bond donors (Lipinski definition) is 2. The molecule has 5 nitrogen and oxygen atoms in total. The van der Waals surface area contributed by atoms with Crippen molar-refractivity contribution in [2.75, 3.05) is 6.54 Å². The maximum Gasteiger partial charge on any atom is 0.0991 e. The van der Waals surface area contributed by atoms with Crippen molar-refractivity contribution < 1.29 is 5.11 Å². The van der Waals surface area contributed by atoms with E-state index in [2.05, 4.69) is 16.5 Å². The first kappa shape index (κ1) is 16.2. The zero-order valence-corrected chi connectivity index (χ0v) is 13.1. The third kappa shape index (κ3) is 4.17. The number of nitrogens with one attached hydrogen (secondary N) is 1. The van der Waals surface area contributed by atoms with E-state index in [0.29, 0.717) is 12.1 Å². The summed E-state index contributed by atoms with van der Waals surface area (Å²) in [5, 5.41) is 26.3. The molecule has 0 spiro atoms.